The quantitative estimate of drug-likeness (QED) is 0.0585. The zero-order chi connectivity index (χ0) is 54.9. The number of aliphatic hydroxyl groups is 20. The summed E-state index contributed by atoms with van der Waals surface area (Å²) < 4.78 is 56.0. The van der Waals surface area contributed by atoms with Gasteiger partial charge < -0.3 is 154 Å². The molecule has 32 nitrogen and oxygen atoms in total. The van der Waals surface area contributed by atoms with Crippen LogP contribution in [0.2, 0.25) is 0 Å². The Morgan fingerprint density at radius 1 is 0.480 bits per heavy atom. The van der Waals surface area contributed by atoms with Crippen molar-refractivity contribution in [2.45, 2.75) is 185 Å². The lowest BCUT2D eigenvalue weighted by molar-refractivity contribution is -0.394. The van der Waals surface area contributed by atoms with Crippen molar-refractivity contribution in [3.8, 4) is 0 Å². The molecule has 1 aromatic carbocycles. The normalized spacial score (nSPS) is 44.6. The number of benzene rings is 1. The van der Waals surface area contributed by atoms with Crippen LogP contribution in [0.1, 0.15) is 17.5 Å². The summed E-state index contributed by atoms with van der Waals surface area (Å²) in [5.41, 5.74) is 1.74. The van der Waals surface area contributed by atoms with Gasteiger partial charge in [-0.2, -0.15) is 0 Å². The molecule has 5 aliphatic rings. The van der Waals surface area contributed by atoms with Gasteiger partial charge in [0.05, 0.1) is 50.7 Å². The summed E-state index contributed by atoms with van der Waals surface area (Å²) in [5.74, 6) is -0.166. The molecule has 0 spiro atoms. The third-order valence-corrected chi connectivity index (χ3v) is 13.8. The largest absolute Gasteiger partial charge is 0.394 e. The maximum atomic E-state index is 11.3. The molecule has 5 aliphatic heterocycles. The van der Waals surface area contributed by atoms with Crippen LogP contribution in [0.4, 0.5) is 0 Å². The highest BCUT2D eigenvalue weighted by molar-refractivity contribution is 5.75. The van der Waals surface area contributed by atoms with E-state index < -0.39 is 218 Å². The van der Waals surface area contributed by atoms with E-state index >= 15 is 0 Å². The molecule has 5 saturated heterocycles. The highest BCUT2D eigenvalue weighted by Gasteiger charge is 2.57. The van der Waals surface area contributed by atoms with Crippen molar-refractivity contribution in [2.24, 2.45) is 0 Å². The van der Waals surface area contributed by atoms with Gasteiger partial charge in [-0.05, 0) is 24.6 Å². The van der Waals surface area contributed by atoms with Crippen LogP contribution in [0.25, 0.3) is 11.0 Å². The van der Waals surface area contributed by atoms with Crippen LogP contribution in [-0.2, 0) is 47.4 Å². The number of aromatic amines is 1. The standard InChI is InChI=1S/C43H68N2O30/c1-11-2-3-12-13(4-11)45-38(44-12)27(60)22(55)33(14(52)5-46)71-40-29(62)23(56)35(16(7-48)67-40)73-42-31(64)25(58)37(18(9-50)69-42)75-43-32(65)26(59)36(19(10-51)70-43)74-41-30(63)24(57)34(17(8-49)68-41)72-39-28(61)21(54)20(53)15(6-47)66-39/h2-4,14-37,39-43,46-65H,5-10H2,1H3,(H,44,45)/t14?,15?,16?,17?,18?,19?,20-,21+,22-,23-,24-,25-,26-,27?,28?,29?,30?,31?,32?,33-,34-,35-,36-,37-,39-,40-,41-,42-,43-/m1/s1. The highest BCUT2D eigenvalue weighted by Crippen LogP contribution is 2.36. The molecule has 7 rings (SSSR count). The van der Waals surface area contributed by atoms with Crippen LogP contribution < -0.4 is 0 Å². The molecule has 12 unspecified atom stereocenters. The zero-order valence-electron chi connectivity index (χ0n) is 39.7. The fourth-order valence-corrected chi connectivity index (χ4v) is 9.41. The Labute approximate surface area is 424 Å². The highest BCUT2D eigenvalue weighted by atomic mass is 16.8. The van der Waals surface area contributed by atoms with Gasteiger partial charge in [0.2, 0.25) is 0 Å². The second-order valence-electron chi connectivity index (χ2n) is 18.9. The first-order valence-electron chi connectivity index (χ1n) is 23.8. The van der Waals surface area contributed by atoms with Gasteiger partial charge in [-0.1, -0.05) is 6.07 Å². The molecule has 29 atom stereocenters. The number of aromatic nitrogens is 2. The maximum absolute atomic E-state index is 11.3. The van der Waals surface area contributed by atoms with E-state index in [1.807, 2.05) is 0 Å². The van der Waals surface area contributed by atoms with Crippen molar-refractivity contribution in [1.29, 1.82) is 0 Å². The second kappa shape index (κ2) is 25.7. The summed E-state index contributed by atoms with van der Waals surface area (Å²) >= 11 is 0. The topological polar surface area (TPSA) is 526 Å². The number of nitrogens with zero attached hydrogens (tertiary/aromatic N) is 1. The molecule has 0 saturated carbocycles. The van der Waals surface area contributed by atoms with Crippen molar-refractivity contribution in [1.82, 2.24) is 9.97 Å². The number of ether oxygens (including phenoxy) is 10. The summed E-state index contributed by atoms with van der Waals surface area (Å²) in [5, 5.41) is 213. The third kappa shape index (κ3) is 12.5. The molecule has 75 heavy (non-hydrogen) atoms. The fraction of sp³-hybridized carbons (Fsp3) is 0.837. The van der Waals surface area contributed by atoms with E-state index in [4.69, 9.17) is 47.4 Å². The molecule has 21 N–H and O–H groups in total. The lowest BCUT2D eigenvalue weighted by atomic mass is 9.95. The fourth-order valence-electron chi connectivity index (χ4n) is 9.41. The Bertz CT molecular complexity index is 2070. The van der Waals surface area contributed by atoms with E-state index in [1.165, 1.54) is 0 Å². The summed E-state index contributed by atoms with van der Waals surface area (Å²) in [4.78, 5) is 7.07. The molecular weight excluding hydrogens is 1020 g/mol. The molecule has 0 amide bonds. The molecule has 0 radical (unpaired) electrons. The SMILES string of the molecule is Cc1ccc2[nH]c(C(O)[C@@H](O)[C@H](O[C@H]3OC(CO)[C@@H](O[C@H]4OC(CO)[C@@H](O[C@H]5OC(CO)[C@@H](O[C@H]6OC(CO)[C@@H](O[C@H]7OC(CO)[C@@H](O)[C@H](O)C7O)[C@H](O)C6O)[C@H](O)C5O)[C@H](O)C4O)[C@H](O)C3O)C(O)CO)nc2c1. The predicted octanol–water partition coefficient (Wildman–Crippen LogP) is -11.9. The van der Waals surface area contributed by atoms with Crippen LogP contribution in [0, 0.1) is 6.92 Å². The van der Waals surface area contributed by atoms with E-state index in [1.54, 1.807) is 25.1 Å². The number of hydrogen-bond acceptors (Lipinski definition) is 31. The van der Waals surface area contributed by atoms with Crippen LogP contribution in [0.15, 0.2) is 18.2 Å². The number of nitrogens with one attached hydrogen (secondary N) is 1. The predicted molar refractivity (Wildman–Crippen MR) is 234 cm³/mol. The number of aryl methyl sites for hydroxylation is 1. The van der Waals surface area contributed by atoms with Gasteiger partial charge in [0.1, 0.15) is 152 Å². The maximum Gasteiger partial charge on any atom is 0.187 e. The molecule has 1 aromatic heterocycles. The minimum absolute atomic E-state index is 0.166. The van der Waals surface area contributed by atoms with Gasteiger partial charge in [-0.15, -0.1) is 0 Å². The average Bonchev–Trinajstić information content (AvgIpc) is 3.83. The number of H-pyrrole nitrogens is 1. The minimum atomic E-state index is -2.20. The van der Waals surface area contributed by atoms with Gasteiger partial charge in [0.15, 0.2) is 31.5 Å². The van der Waals surface area contributed by atoms with E-state index in [0.29, 0.717) is 11.0 Å². The first kappa shape index (κ1) is 60.1. The Kier molecular flexibility index (Phi) is 20.6. The number of rotatable bonds is 20. The average molecular weight is 1090 g/mol. The lowest BCUT2D eigenvalue weighted by Gasteiger charge is -2.49. The van der Waals surface area contributed by atoms with Crippen molar-refractivity contribution in [3.63, 3.8) is 0 Å². The summed E-state index contributed by atoms with van der Waals surface area (Å²) in [7, 11) is 0. The van der Waals surface area contributed by atoms with Crippen LogP contribution >= 0.6 is 0 Å². The van der Waals surface area contributed by atoms with Gasteiger partial charge in [-0.25, -0.2) is 4.98 Å². The molecule has 32 heteroatoms. The number of fused-ring (bicyclic) bond motifs is 1. The zero-order valence-corrected chi connectivity index (χ0v) is 39.7. The number of imidazole rings is 1. The second-order valence-corrected chi connectivity index (χ2v) is 18.9. The number of hydrogen-bond donors (Lipinski definition) is 21. The number of aliphatic hydroxyl groups excluding tert-OH is 20. The smallest absolute Gasteiger partial charge is 0.187 e. The van der Waals surface area contributed by atoms with Crippen LogP contribution in [0.5, 0.6) is 0 Å². The van der Waals surface area contributed by atoms with Gasteiger partial charge in [0.25, 0.3) is 0 Å². The first-order valence-corrected chi connectivity index (χ1v) is 23.8. The third-order valence-electron chi connectivity index (χ3n) is 13.8. The molecule has 0 aliphatic carbocycles. The molecule has 6 heterocycles. The Morgan fingerprint density at radius 3 is 1.23 bits per heavy atom. The Balaban J connectivity index is 0.965. The summed E-state index contributed by atoms with van der Waals surface area (Å²) in [6.45, 7) is -4.13. The molecule has 0 bridgehead atoms. The molecule has 5 fully saturated rings. The molecule has 430 valence electrons. The molecular formula is C43H68N2O30. The summed E-state index contributed by atoms with van der Waals surface area (Å²) in [6.07, 6.45) is -56.1. The summed E-state index contributed by atoms with van der Waals surface area (Å²) in [6, 6.07) is 5.12. The molecule has 2 aromatic rings. The van der Waals surface area contributed by atoms with Gasteiger partial charge in [0, 0.05) is 0 Å². The van der Waals surface area contributed by atoms with Crippen molar-refractivity contribution < 1.29 is 149 Å². The van der Waals surface area contributed by atoms with E-state index in [9.17, 15) is 102 Å². The monoisotopic (exact) mass is 1090 g/mol. The van der Waals surface area contributed by atoms with E-state index in [-0.39, 0.29) is 5.82 Å². The van der Waals surface area contributed by atoms with Crippen LogP contribution in [-0.4, -0.2) is 324 Å². The van der Waals surface area contributed by atoms with Gasteiger partial charge in [-0.3, -0.25) is 0 Å². The van der Waals surface area contributed by atoms with E-state index in [0.717, 1.165) is 5.56 Å². The van der Waals surface area contributed by atoms with Crippen molar-refractivity contribution in [2.75, 3.05) is 39.6 Å². The Morgan fingerprint density at radius 2 is 0.840 bits per heavy atom. The lowest BCUT2D eigenvalue weighted by Crippen LogP contribution is -2.68. The first-order chi connectivity index (χ1) is 35.6. The van der Waals surface area contributed by atoms with Gasteiger partial charge >= 0.3 is 0 Å². The minimum Gasteiger partial charge on any atom is -0.394 e. The van der Waals surface area contributed by atoms with Crippen molar-refractivity contribution >= 4 is 11.0 Å². The Hall–Kier alpha value is -2.51. The van der Waals surface area contributed by atoms with Crippen LogP contribution in [0.3, 0.4) is 0 Å². The van der Waals surface area contributed by atoms with E-state index in [2.05, 4.69) is 9.97 Å². The van der Waals surface area contributed by atoms with Crippen molar-refractivity contribution in [3.05, 3.63) is 29.6 Å².